The lowest BCUT2D eigenvalue weighted by molar-refractivity contribution is -0.124. The molecular weight excluding hydrogens is 627 g/mol. The molecule has 9 nitrogen and oxygen atoms in total. The summed E-state index contributed by atoms with van der Waals surface area (Å²) in [5.74, 6) is -0.454. The van der Waals surface area contributed by atoms with Crippen LogP contribution in [0, 0.1) is 0 Å². The predicted octanol–water partition coefficient (Wildman–Crippen LogP) is 9.19. The summed E-state index contributed by atoms with van der Waals surface area (Å²) in [7, 11) is -4.39. The number of unbranched alkanes of at least 4 members (excludes halogenated alkanes) is 20. The zero-order valence-electron chi connectivity index (χ0n) is 30.8. The maximum absolute atomic E-state index is 12.7. The normalized spacial score (nSPS) is 15.2. The molecular formula is C38H75N2O7P. The van der Waals surface area contributed by atoms with Crippen LogP contribution in [0.1, 0.15) is 174 Å². The lowest BCUT2D eigenvalue weighted by Crippen LogP contribution is -2.46. The van der Waals surface area contributed by atoms with E-state index in [4.69, 9.17) is 14.8 Å². The van der Waals surface area contributed by atoms with Crippen LogP contribution < -0.4 is 11.1 Å². The number of hydrogen-bond donors (Lipinski definition) is 5. The fourth-order valence-electron chi connectivity index (χ4n) is 5.58. The van der Waals surface area contributed by atoms with Gasteiger partial charge in [0, 0.05) is 6.54 Å². The first-order valence-electron chi connectivity index (χ1n) is 19.5. The van der Waals surface area contributed by atoms with E-state index in [0.29, 0.717) is 6.42 Å². The molecule has 6 N–H and O–H groups in total. The highest BCUT2D eigenvalue weighted by Gasteiger charge is 2.27. The largest absolute Gasteiger partial charge is 0.472 e. The summed E-state index contributed by atoms with van der Waals surface area (Å²) in [6, 6.07) is -0.980. The highest BCUT2D eigenvalue weighted by atomic mass is 31.2. The van der Waals surface area contributed by atoms with Gasteiger partial charge in [0.05, 0.1) is 37.9 Å². The standard InChI is InChI=1S/C38H75N2O7P/c1-3-5-7-9-11-13-14-15-16-17-18-19-20-21-22-23-25-27-29-35(41)33-38(43)40-36(34-47-48(44,45)46-32-31-39)37(42)30-28-26-24-12-10-8-6-4-2/h18-19,28,30,35-37,41-42H,3-17,20-27,29,31-34,39H2,1-2H3,(H,40,43)(H,44,45)/b19-18-,30-28+. The Bertz CT molecular complexity index is 827. The van der Waals surface area contributed by atoms with Gasteiger partial charge in [-0.2, -0.15) is 0 Å². The first-order valence-corrected chi connectivity index (χ1v) is 21.0. The van der Waals surface area contributed by atoms with Crippen LogP contribution in [0.5, 0.6) is 0 Å². The summed E-state index contributed by atoms with van der Waals surface area (Å²) in [4.78, 5) is 22.6. The molecule has 0 saturated carbocycles. The average Bonchev–Trinajstić information content (AvgIpc) is 3.06. The second kappa shape index (κ2) is 34.4. The molecule has 0 aromatic rings. The SMILES string of the molecule is CCCCCCCC/C=C/C(O)C(COP(=O)(O)OCCN)NC(=O)CC(O)CCCCCCC/C=C\CCCCCCCCCCC. The monoisotopic (exact) mass is 703 g/mol. The Hall–Kier alpha value is -1.06. The Balaban J connectivity index is 4.26. The molecule has 4 unspecified atom stereocenters. The van der Waals surface area contributed by atoms with E-state index in [9.17, 15) is 24.5 Å². The van der Waals surface area contributed by atoms with E-state index in [2.05, 4.69) is 31.3 Å². The second-order valence-electron chi connectivity index (χ2n) is 13.3. The maximum atomic E-state index is 12.7. The van der Waals surface area contributed by atoms with Crippen LogP contribution in [-0.2, 0) is 18.4 Å². The molecule has 0 fully saturated rings. The quantitative estimate of drug-likeness (QED) is 0.0246. The van der Waals surface area contributed by atoms with Crippen molar-refractivity contribution in [3.8, 4) is 0 Å². The molecule has 0 radical (unpaired) electrons. The average molecular weight is 703 g/mol. The topological polar surface area (TPSA) is 151 Å². The molecule has 0 aliphatic rings. The van der Waals surface area contributed by atoms with E-state index in [-0.39, 0.29) is 19.6 Å². The number of phosphoric ester groups is 1. The minimum atomic E-state index is -4.39. The minimum absolute atomic E-state index is 0.0482. The van der Waals surface area contributed by atoms with Crippen LogP contribution in [-0.4, -0.2) is 59.0 Å². The molecule has 10 heteroatoms. The molecule has 0 aromatic carbocycles. The van der Waals surface area contributed by atoms with Crippen LogP contribution in [0.3, 0.4) is 0 Å². The second-order valence-corrected chi connectivity index (χ2v) is 14.8. The number of allylic oxidation sites excluding steroid dienone is 3. The first-order chi connectivity index (χ1) is 23.3. The van der Waals surface area contributed by atoms with Crippen molar-refractivity contribution in [1.29, 1.82) is 0 Å². The molecule has 0 heterocycles. The molecule has 284 valence electrons. The van der Waals surface area contributed by atoms with Crippen LogP contribution in [0.4, 0.5) is 0 Å². The zero-order valence-corrected chi connectivity index (χ0v) is 31.7. The van der Waals surface area contributed by atoms with E-state index >= 15 is 0 Å². The van der Waals surface area contributed by atoms with Gasteiger partial charge in [0.15, 0.2) is 0 Å². The van der Waals surface area contributed by atoms with Crippen molar-refractivity contribution in [1.82, 2.24) is 5.32 Å². The summed E-state index contributed by atoms with van der Waals surface area (Å²) >= 11 is 0. The lowest BCUT2D eigenvalue weighted by Gasteiger charge is -2.24. The molecule has 48 heavy (non-hydrogen) atoms. The Morgan fingerprint density at radius 1 is 0.708 bits per heavy atom. The summed E-state index contributed by atoms with van der Waals surface area (Å²) < 4.78 is 21.9. The smallest absolute Gasteiger partial charge is 0.393 e. The first kappa shape index (κ1) is 46.9. The Labute approximate surface area is 294 Å². The van der Waals surface area contributed by atoms with Gasteiger partial charge in [0.2, 0.25) is 5.91 Å². The van der Waals surface area contributed by atoms with Gasteiger partial charge >= 0.3 is 7.82 Å². The molecule has 0 saturated heterocycles. The van der Waals surface area contributed by atoms with Gasteiger partial charge in [0.1, 0.15) is 0 Å². The van der Waals surface area contributed by atoms with E-state index in [1.54, 1.807) is 6.08 Å². The van der Waals surface area contributed by atoms with E-state index < -0.39 is 38.6 Å². The third kappa shape index (κ3) is 32.2. The van der Waals surface area contributed by atoms with E-state index in [0.717, 1.165) is 51.4 Å². The minimum Gasteiger partial charge on any atom is -0.393 e. The number of rotatable bonds is 36. The number of nitrogens with one attached hydrogen (secondary N) is 1. The summed E-state index contributed by atoms with van der Waals surface area (Å²) in [5, 5.41) is 23.8. The maximum Gasteiger partial charge on any atom is 0.472 e. The third-order valence-corrected chi connectivity index (χ3v) is 9.56. The molecule has 0 rings (SSSR count). The van der Waals surface area contributed by atoms with Crippen molar-refractivity contribution in [2.45, 2.75) is 193 Å². The van der Waals surface area contributed by atoms with Gasteiger partial charge in [-0.25, -0.2) is 4.57 Å². The van der Waals surface area contributed by atoms with E-state index in [1.165, 1.54) is 96.3 Å². The highest BCUT2D eigenvalue weighted by Crippen LogP contribution is 2.43. The number of aliphatic hydroxyl groups is 2. The zero-order chi connectivity index (χ0) is 35.6. The van der Waals surface area contributed by atoms with Gasteiger partial charge in [-0.3, -0.25) is 13.8 Å². The van der Waals surface area contributed by atoms with Gasteiger partial charge < -0.3 is 26.2 Å². The van der Waals surface area contributed by atoms with Gasteiger partial charge in [-0.05, 0) is 44.9 Å². The number of nitrogens with two attached hydrogens (primary N) is 1. The molecule has 0 bridgehead atoms. The molecule has 0 spiro atoms. The van der Waals surface area contributed by atoms with Crippen molar-refractivity contribution in [2.24, 2.45) is 5.73 Å². The van der Waals surface area contributed by atoms with Gasteiger partial charge in [-0.1, -0.05) is 147 Å². The summed E-state index contributed by atoms with van der Waals surface area (Å²) in [6.07, 6.45) is 34.2. The van der Waals surface area contributed by atoms with E-state index in [1.807, 2.05) is 6.08 Å². The number of aliphatic hydroxyl groups excluding tert-OH is 2. The number of carbonyl (C=O) groups is 1. The fraction of sp³-hybridized carbons (Fsp3) is 0.868. The van der Waals surface area contributed by atoms with Crippen LogP contribution in [0.2, 0.25) is 0 Å². The molecule has 4 atom stereocenters. The number of carbonyl (C=O) groups excluding carboxylic acids is 1. The van der Waals surface area contributed by atoms with Crippen molar-refractivity contribution >= 4 is 13.7 Å². The predicted molar refractivity (Wildman–Crippen MR) is 200 cm³/mol. The highest BCUT2D eigenvalue weighted by molar-refractivity contribution is 7.47. The van der Waals surface area contributed by atoms with Crippen molar-refractivity contribution in [3.63, 3.8) is 0 Å². The molecule has 0 aliphatic heterocycles. The number of phosphoric acid groups is 1. The van der Waals surface area contributed by atoms with Crippen LogP contribution >= 0.6 is 7.82 Å². The number of amides is 1. The summed E-state index contributed by atoms with van der Waals surface area (Å²) in [6.45, 7) is 3.91. The molecule has 0 aliphatic carbocycles. The summed E-state index contributed by atoms with van der Waals surface area (Å²) in [5.41, 5.74) is 5.33. The molecule has 0 aromatic heterocycles. The Kier molecular flexibility index (Phi) is 33.6. The molecule has 1 amide bonds. The fourth-order valence-corrected chi connectivity index (χ4v) is 6.34. The van der Waals surface area contributed by atoms with Crippen LogP contribution in [0.25, 0.3) is 0 Å². The Morgan fingerprint density at radius 3 is 1.67 bits per heavy atom. The Morgan fingerprint density at radius 2 is 1.17 bits per heavy atom. The lowest BCUT2D eigenvalue weighted by atomic mass is 10.0. The van der Waals surface area contributed by atoms with Crippen molar-refractivity contribution < 1.29 is 33.5 Å². The van der Waals surface area contributed by atoms with Gasteiger partial charge in [0.25, 0.3) is 0 Å². The third-order valence-electron chi connectivity index (χ3n) is 8.58. The van der Waals surface area contributed by atoms with Gasteiger partial charge in [-0.15, -0.1) is 0 Å². The number of hydrogen-bond acceptors (Lipinski definition) is 7. The van der Waals surface area contributed by atoms with Crippen molar-refractivity contribution in [2.75, 3.05) is 19.8 Å². The van der Waals surface area contributed by atoms with Crippen LogP contribution in [0.15, 0.2) is 24.3 Å². The van der Waals surface area contributed by atoms with Crippen molar-refractivity contribution in [3.05, 3.63) is 24.3 Å².